The van der Waals surface area contributed by atoms with E-state index in [1.54, 1.807) is 18.2 Å². The molecule has 0 aliphatic carbocycles. The normalized spacial score (nSPS) is 9.91. The molecule has 8 heteroatoms. The molecule has 0 radical (unpaired) electrons. The molecule has 0 aliphatic rings. The molecule has 1 aromatic carbocycles. The Balaban J connectivity index is 2.20. The predicted octanol–water partition coefficient (Wildman–Crippen LogP) is 2.38. The first-order valence-electron chi connectivity index (χ1n) is 6.21. The summed E-state index contributed by atoms with van der Waals surface area (Å²) in [5.41, 5.74) is 5.88. The highest BCUT2D eigenvalue weighted by atomic mass is 35.5. The number of hydrogen-bond acceptors (Lipinski definition) is 4. The smallest absolute Gasteiger partial charge is 0.316 e. The maximum atomic E-state index is 11.6. The Hall–Kier alpha value is -2.80. The van der Waals surface area contributed by atoms with Crippen LogP contribution in [0.1, 0.15) is 10.4 Å². The van der Waals surface area contributed by atoms with E-state index in [0.29, 0.717) is 17.0 Å². The van der Waals surface area contributed by atoms with Gasteiger partial charge >= 0.3 is 6.03 Å². The number of benzene rings is 1. The molecular formula is C14H13ClN4O3. The van der Waals surface area contributed by atoms with Crippen LogP contribution in [0.15, 0.2) is 36.5 Å². The zero-order chi connectivity index (χ0) is 16.1. The summed E-state index contributed by atoms with van der Waals surface area (Å²) in [5.74, 6) is 0.302. The van der Waals surface area contributed by atoms with Crippen LogP contribution in [-0.4, -0.2) is 24.0 Å². The Labute approximate surface area is 131 Å². The van der Waals surface area contributed by atoms with E-state index in [9.17, 15) is 9.59 Å². The van der Waals surface area contributed by atoms with Gasteiger partial charge in [-0.15, -0.1) is 0 Å². The lowest BCUT2D eigenvalue weighted by Crippen LogP contribution is -2.19. The number of halogens is 1. The van der Waals surface area contributed by atoms with E-state index in [1.807, 2.05) is 0 Å². The summed E-state index contributed by atoms with van der Waals surface area (Å²) in [7, 11) is 1.53. The molecule has 4 N–H and O–H groups in total. The molecule has 1 aromatic heterocycles. The number of carbonyl (C=O) groups excluding carboxylic acids is 2. The number of hydrogen-bond donors (Lipinski definition) is 3. The van der Waals surface area contributed by atoms with E-state index in [4.69, 9.17) is 22.1 Å². The average Bonchev–Trinajstić information content (AvgIpc) is 2.49. The second kappa shape index (κ2) is 6.77. The Morgan fingerprint density at radius 3 is 2.68 bits per heavy atom. The minimum Gasteiger partial charge on any atom is -0.437 e. The van der Waals surface area contributed by atoms with Crippen molar-refractivity contribution < 1.29 is 14.3 Å². The second-order valence-electron chi connectivity index (χ2n) is 4.20. The Morgan fingerprint density at radius 1 is 1.27 bits per heavy atom. The Morgan fingerprint density at radius 2 is 2.05 bits per heavy atom. The molecule has 2 rings (SSSR count). The van der Waals surface area contributed by atoms with Gasteiger partial charge in [0.2, 0.25) is 5.88 Å². The molecule has 0 saturated carbocycles. The number of pyridine rings is 1. The second-order valence-corrected chi connectivity index (χ2v) is 4.61. The summed E-state index contributed by atoms with van der Waals surface area (Å²) < 4.78 is 5.54. The minimum absolute atomic E-state index is 0.221. The maximum Gasteiger partial charge on any atom is 0.316 e. The van der Waals surface area contributed by atoms with Crippen molar-refractivity contribution >= 4 is 29.2 Å². The van der Waals surface area contributed by atoms with Crippen molar-refractivity contribution in [3.63, 3.8) is 0 Å². The van der Waals surface area contributed by atoms with Crippen LogP contribution >= 0.6 is 11.6 Å². The van der Waals surface area contributed by atoms with E-state index in [0.717, 1.165) is 0 Å². The highest BCUT2D eigenvalue weighted by Gasteiger charge is 2.09. The van der Waals surface area contributed by atoms with Crippen LogP contribution in [0.2, 0.25) is 5.02 Å². The van der Waals surface area contributed by atoms with Gasteiger partial charge in [0.15, 0.2) is 0 Å². The first-order chi connectivity index (χ1) is 10.5. The summed E-state index contributed by atoms with van der Waals surface area (Å²) in [6.07, 6.45) is 1.46. The Kier molecular flexibility index (Phi) is 4.80. The van der Waals surface area contributed by atoms with Gasteiger partial charge in [-0.3, -0.25) is 4.79 Å². The van der Waals surface area contributed by atoms with Gasteiger partial charge in [0.05, 0.1) is 5.02 Å². The number of nitrogens with one attached hydrogen (secondary N) is 2. The fraction of sp³-hybridized carbons (Fsp3) is 0.0714. The van der Waals surface area contributed by atoms with Gasteiger partial charge in [-0.2, -0.15) is 0 Å². The summed E-state index contributed by atoms with van der Waals surface area (Å²) in [4.78, 5) is 26.3. The van der Waals surface area contributed by atoms with E-state index in [1.165, 1.54) is 25.4 Å². The maximum absolute atomic E-state index is 11.6. The topological polar surface area (TPSA) is 106 Å². The monoisotopic (exact) mass is 320 g/mol. The molecule has 0 unspecified atom stereocenters. The first kappa shape index (κ1) is 15.6. The van der Waals surface area contributed by atoms with Crippen LogP contribution < -0.4 is 21.1 Å². The Bertz CT molecular complexity index is 721. The zero-order valence-corrected chi connectivity index (χ0v) is 12.3. The molecule has 2 aromatic rings. The van der Waals surface area contributed by atoms with Crippen molar-refractivity contribution in [1.82, 2.24) is 10.3 Å². The van der Waals surface area contributed by atoms with Crippen LogP contribution in [0.3, 0.4) is 0 Å². The largest absolute Gasteiger partial charge is 0.437 e. The molecule has 114 valence electrons. The molecule has 3 amide bonds. The quantitative estimate of drug-likeness (QED) is 0.804. The lowest BCUT2D eigenvalue weighted by molar-refractivity contribution is 0.0962. The van der Waals surface area contributed by atoms with E-state index in [2.05, 4.69) is 15.6 Å². The van der Waals surface area contributed by atoms with E-state index < -0.39 is 6.03 Å². The van der Waals surface area contributed by atoms with Gasteiger partial charge in [-0.1, -0.05) is 11.6 Å². The molecule has 1 heterocycles. The van der Waals surface area contributed by atoms with Gasteiger partial charge in [-0.05, 0) is 24.3 Å². The van der Waals surface area contributed by atoms with Gasteiger partial charge in [0.1, 0.15) is 5.75 Å². The minimum atomic E-state index is -0.690. The standard InChI is InChI=1S/C14H13ClN4O3/c1-17-13(20)8-4-5-18-12(6-8)22-11-3-2-9(7-10(11)15)19-14(16)21/h2-7H,1H3,(H,17,20)(H3,16,19,21). The number of urea groups is 1. The fourth-order valence-corrected chi connectivity index (χ4v) is 1.89. The molecule has 0 aliphatic heterocycles. The lowest BCUT2D eigenvalue weighted by Gasteiger charge is -2.09. The van der Waals surface area contributed by atoms with Crippen LogP contribution in [0.25, 0.3) is 0 Å². The number of amides is 3. The number of rotatable bonds is 4. The SMILES string of the molecule is CNC(=O)c1ccnc(Oc2ccc(NC(N)=O)cc2Cl)c1. The van der Waals surface area contributed by atoms with Crippen molar-refractivity contribution in [2.75, 3.05) is 12.4 Å². The van der Waals surface area contributed by atoms with Gasteiger partial charge in [0, 0.05) is 30.6 Å². The third kappa shape index (κ3) is 3.86. The van der Waals surface area contributed by atoms with Crippen molar-refractivity contribution in [2.24, 2.45) is 5.73 Å². The van der Waals surface area contributed by atoms with E-state index >= 15 is 0 Å². The predicted molar refractivity (Wildman–Crippen MR) is 82.4 cm³/mol. The number of nitrogens with zero attached hydrogens (tertiary/aromatic N) is 1. The lowest BCUT2D eigenvalue weighted by atomic mass is 10.2. The number of nitrogens with two attached hydrogens (primary N) is 1. The van der Waals surface area contributed by atoms with Crippen LogP contribution in [-0.2, 0) is 0 Å². The molecule has 22 heavy (non-hydrogen) atoms. The molecular weight excluding hydrogens is 308 g/mol. The fourth-order valence-electron chi connectivity index (χ4n) is 1.67. The first-order valence-corrected chi connectivity index (χ1v) is 6.59. The third-order valence-corrected chi connectivity index (χ3v) is 2.93. The van der Waals surface area contributed by atoms with Crippen molar-refractivity contribution in [3.8, 4) is 11.6 Å². The van der Waals surface area contributed by atoms with Crippen molar-refractivity contribution in [2.45, 2.75) is 0 Å². The zero-order valence-electron chi connectivity index (χ0n) is 11.6. The van der Waals surface area contributed by atoms with Gasteiger partial charge < -0.3 is 21.1 Å². The molecule has 0 atom stereocenters. The van der Waals surface area contributed by atoms with Crippen LogP contribution in [0, 0.1) is 0 Å². The van der Waals surface area contributed by atoms with E-state index in [-0.39, 0.29) is 16.8 Å². The number of anilines is 1. The molecule has 0 fully saturated rings. The summed E-state index contributed by atoms with van der Waals surface area (Å²) in [5, 5.41) is 5.17. The van der Waals surface area contributed by atoms with Crippen molar-refractivity contribution in [3.05, 3.63) is 47.1 Å². The number of ether oxygens (including phenoxy) is 1. The van der Waals surface area contributed by atoms with Crippen molar-refractivity contribution in [1.29, 1.82) is 0 Å². The summed E-state index contributed by atoms with van der Waals surface area (Å²) >= 11 is 6.07. The average molecular weight is 321 g/mol. The van der Waals surface area contributed by atoms with Gasteiger partial charge in [0.25, 0.3) is 5.91 Å². The van der Waals surface area contributed by atoms with Crippen LogP contribution in [0.5, 0.6) is 11.6 Å². The number of aromatic nitrogens is 1. The highest BCUT2D eigenvalue weighted by Crippen LogP contribution is 2.31. The highest BCUT2D eigenvalue weighted by molar-refractivity contribution is 6.32. The number of carbonyl (C=O) groups is 2. The third-order valence-electron chi connectivity index (χ3n) is 2.64. The number of primary amides is 1. The molecule has 0 spiro atoms. The molecule has 7 nitrogen and oxygen atoms in total. The molecule has 0 bridgehead atoms. The molecule has 0 saturated heterocycles. The van der Waals surface area contributed by atoms with Crippen LogP contribution in [0.4, 0.5) is 10.5 Å². The van der Waals surface area contributed by atoms with Gasteiger partial charge in [-0.25, -0.2) is 9.78 Å². The summed E-state index contributed by atoms with van der Waals surface area (Å²) in [6, 6.07) is 6.99. The summed E-state index contributed by atoms with van der Waals surface area (Å²) in [6.45, 7) is 0.